The first kappa shape index (κ1) is 15.2. The highest BCUT2D eigenvalue weighted by Crippen LogP contribution is 2.22. The molecule has 4 N–H and O–H groups in total. The van der Waals surface area contributed by atoms with Crippen molar-refractivity contribution in [3.63, 3.8) is 0 Å². The molecule has 1 heterocycles. The maximum Gasteiger partial charge on any atom is 0.319 e. The number of nitrogens with one attached hydrogen (secondary N) is 2. The van der Waals surface area contributed by atoms with E-state index < -0.39 is 0 Å². The Kier molecular flexibility index (Phi) is 5.73. The first-order valence-electron chi connectivity index (χ1n) is 7.13. The van der Waals surface area contributed by atoms with Gasteiger partial charge in [0.2, 0.25) is 0 Å². The fraction of sp³-hybridized carbons (Fsp3) is 0.533. The molecule has 1 saturated heterocycles. The molecule has 1 aliphatic heterocycles. The lowest BCUT2D eigenvalue weighted by atomic mass is 10.0. The number of rotatable bonds is 4. The first-order valence-corrected chi connectivity index (χ1v) is 8.29. The van der Waals surface area contributed by atoms with Crippen LogP contribution in [0.5, 0.6) is 0 Å². The molecule has 1 atom stereocenters. The van der Waals surface area contributed by atoms with E-state index in [4.69, 9.17) is 5.73 Å². The van der Waals surface area contributed by atoms with Gasteiger partial charge < -0.3 is 16.4 Å². The molecule has 20 heavy (non-hydrogen) atoms. The van der Waals surface area contributed by atoms with Crippen molar-refractivity contribution in [2.45, 2.75) is 25.8 Å². The Bertz CT molecular complexity index is 444. The first-order chi connectivity index (χ1) is 9.65. The second kappa shape index (κ2) is 7.55. The SMILES string of the molecule is CC(N)c1cccc(NC(=O)NCC2CCSCC2)c1. The van der Waals surface area contributed by atoms with Gasteiger partial charge in [0, 0.05) is 18.3 Å². The lowest BCUT2D eigenvalue weighted by Gasteiger charge is -2.21. The molecule has 1 aromatic carbocycles. The summed E-state index contributed by atoms with van der Waals surface area (Å²) in [6, 6.07) is 7.51. The Morgan fingerprint density at radius 3 is 2.90 bits per heavy atom. The molecule has 2 amide bonds. The van der Waals surface area contributed by atoms with E-state index >= 15 is 0 Å². The molecule has 110 valence electrons. The Labute approximate surface area is 124 Å². The van der Waals surface area contributed by atoms with Crippen molar-refractivity contribution < 1.29 is 4.79 Å². The number of anilines is 1. The molecule has 0 bridgehead atoms. The van der Waals surface area contributed by atoms with Crippen molar-refractivity contribution in [3.8, 4) is 0 Å². The third kappa shape index (κ3) is 4.72. The summed E-state index contributed by atoms with van der Waals surface area (Å²) in [5.74, 6) is 3.05. The summed E-state index contributed by atoms with van der Waals surface area (Å²) in [5.41, 5.74) is 7.65. The van der Waals surface area contributed by atoms with Crippen LogP contribution in [0.3, 0.4) is 0 Å². The van der Waals surface area contributed by atoms with Crippen LogP contribution in [-0.4, -0.2) is 24.1 Å². The van der Waals surface area contributed by atoms with Crippen LogP contribution < -0.4 is 16.4 Å². The number of carbonyl (C=O) groups is 1. The van der Waals surface area contributed by atoms with Gasteiger partial charge in [-0.25, -0.2) is 4.79 Å². The zero-order valence-electron chi connectivity index (χ0n) is 11.9. The maximum atomic E-state index is 11.9. The predicted octanol–water partition coefficient (Wildman–Crippen LogP) is 2.97. The van der Waals surface area contributed by atoms with Gasteiger partial charge in [-0.1, -0.05) is 12.1 Å². The second-order valence-corrected chi connectivity index (χ2v) is 6.53. The lowest BCUT2D eigenvalue weighted by molar-refractivity contribution is 0.249. The van der Waals surface area contributed by atoms with E-state index in [2.05, 4.69) is 10.6 Å². The topological polar surface area (TPSA) is 67.1 Å². The van der Waals surface area contributed by atoms with Gasteiger partial charge in [-0.3, -0.25) is 0 Å². The number of hydrogen-bond acceptors (Lipinski definition) is 3. The van der Waals surface area contributed by atoms with Gasteiger partial charge >= 0.3 is 6.03 Å². The maximum absolute atomic E-state index is 11.9. The molecule has 0 aromatic heterocycles. The Balaban J connectivity index is 1.80. The summed E-state index contributed by atoms with van der Waals surface area (Å²) in [4.78, 5) is 11.9. The molecule has 0 radical (unpaired) electrons. The van der Waals surface area contributed by atoms with E-state index in [1.165, 1.54) is 24.3 Å². The van der Waals surface area contributed by atoms with Crippen LogP contribution in [0.15, 0.2) is 24.3 Å². The van der Waals surface area contributed by atoms with Crippen molar-refractivity contribution >= 4 is 23.5 Å². The standard InChI is InChI=1S/C15H23N3OS/c1-11(16)13-3-2-4-14(9-13)18-15(19)17-10-12-5-7-20-8-6-12/h2-4,9,11-12H,5-8,10,16H2,1H3,(H2,17,18,19). The largest absolute Gasteiger partial charge is 0.338 e. The van der Waals surface area contributed by atoms with Gasteiger partial charge in [0.25, 0.3) is 0 Å². The van der Waals surface area contributed by atoms with Crippen molar-refractivity contribution in [1.29, 1.82) is 0 Å². The summed E-state index contributed by atoms with van der Waals surface area (Å²) in [6.07, 6.45) is 2.40. The van der Waals surface area contributed by atoms with E-state index in [1.807, 2.05) is 43.0 Å². The number of amides is 2. The summed E-state index contributed by atoms with van der Waals surface area (Å²) >= 11 is 2.00. The number of nitrogens with two attached hydrogens (primary N) is 1. The fourth-order valence-electron chi connectivity index (χ4n) is 2.26. The number of urea groups is 1. The minimum Gasteiger partial charge on any atom is -0.338 e. The van der Waals surface area contributed by atoms with Crippen molar-refractivity contribution in [2.75, 3.05) is 23.4 Å². The molecule has 0 spiro atoms. The molecule has 1 aromatic rings. The minimum atomic E-state index is -0.134. The summed E-state index contributed by atoms with van der Waals surface area (Å²) < 4.78 is 0. The smallest absolute Gasteiger partial charge is 0.319 e. The van der Waals surface area contributed by atoms with E-state index in [9.17, 15) is 4.79 Å². The zero-order chi connectivity index (χ0) is 14.4. The van der Waals surface area contributed by atoms with E-state index in [0.717, 1.165) is 17.8 Å². The van der Waals surface area contributed by atoms with Crippen LogP contribution in [0.2, 0.25) is 0 Å². The number of hydrogen-bond donors (Lipinski definition) is 3. The number of benzene rings is 1. The highest BCUT2D eigenvalue weighted by Gasteiger charge is 2.14. The summed E-state index contributed by atoms with van der Waals surface area (Å²) in [5, 5.41) is 5.82. The lowest BCUT2D eigenvalue weighted by Crippen LogP contribution is -2.34. The highest BCUT2D eigenvalue weighted by molar-refractivity contribution is 7.99. The van der Waals surface area contributed by atoms with Gasteiger partial charge in [0.1, 0.15) is 0 Å². The number of carbonyl (C=O) groups excluding carboxylic acids is 1. The average Bonchev–Trinajstić information content (AvgIpc) is 2.46. The van der Waals surface area contributed by atoms with Gasteiger partial charge in [0.05, 0.1) is 0 Å². The van der Waals surface area contributed by atoms with Crippen LogP contribution in [0, 0.1) is 5.92 Å². The highest BCUT2D eigenvalue weighted by atomic mass is 32.2. The van der Waals surface area contributed by atoms with Crippen LogP contribution >= 0.6 is 11.8 Å². The molecule has 5 heteroatoms. The minimum absolute atomic E-state index is 0.0282. The fourth-order valence-corrected chi connectivity index (χ4v) is 3.47. The van der Waals surface area contributed by atoms with E-state index in [-0.39, 0.29) is 12.1 Å². The monoisotopic (exact) mass is 293 g/mol. The van der Waals surface area contributed by atoms with Gasteiger partial charge in [-0.15, -0.1) is 0 Å². The third-order valence-electron chi connectivity index (χ3n) is 3.56. The Morgan fingerprint density at radius 1 is 1.45 bits per heavy atom. The van der Waals surface area contributed by atoms with Crippen LogP contribution in [0.4, 0.5) is 10.5 Å². The van der Waals surface area contributed by atoms with Crippen LogP contribution in [0.25, 0.3) is 0 Å². The normalized spacial score (nSPS) is 17.5. The summed E-state index contributed by atoms with van der Waals surface area (Å²) in [6.45, 7) is 2.69. The van der Waals surface area contributed by atoms with Gasteiger partial charge in [-0.2, -0.15) is 11.8 Å². The van der Waals surface area contributed by atoms with Gasteiger partial charge in [-0.05, 0) is 54.9 Å². The van der Waals surface area contributed by atoms with Crippen molar-refractivity contribution in [2.24, 2.45) is 11.7 Å². The van der Waals surface area contributed by atoms with Gasteiger partial charge in [0.15, 0.2) is 0 Å². The van der Waals surface area contributed by atoms with E-state index in [0.29, 0.717) is 5.92 Å². The average molecular weight is 293 g/mol. The molecular weight excluding hydrogens is 270 g/mol. The third-order valence-corrected chi connectivity index (χ3v) is 4.61. The molecule has 4 nitrogen and oxygen atoms in total. The molecule has 1 fully saturated rings. The second-order valence-electron chi connectivity index (χ2n) is 5.30. The van der Waals surface area contributed by atoms with E-state index in [1.54, 1.807) is 0 Å². The van der Waals surface area contributed by atoms with Crippen molar-refractivity contribution in [3.05, 3.63) is 29.8 Å². The zero-order valence-corrected chi connectivity index (χ0v) is 12.7. The molecule has 2 rings (SSSR count). The molecular formula is C15H23N3OS. The molecule has 1 unspecified atom stereocenters. The van der Waals surface area contributed by atoms with Crippen LogP contribution in [0.1, 0.15) is 31.4 Å². The van der Waals surface area contributed by atoms with Crippen molar-refractivity contribution in [1.82, 2.24) is 5.32 Å². The molecule has 0 aliphatic carbocycles. The Hall–Kier alpha value is -1.20. The molecule has 1 aliphatic rings. The Morgan fingerprint density at radius 2 is 2.20 bits per heavy atom. The summed E-state index contributed by atoms with van der Waals surface area (Å²) in [7, 11) is 0. The molecule has 0 saturated carbocycles. The van der Waals surface area contributed by atoms with Crippen LogP contribution in [-0.2, 0) is 0 Å². The quantitative estimate of drug-likeness (QED) is 0.799. The number of thioether (sulfide) groups is 1. The predicted molar refractivity (Wildman–Crippen MR) is 86.1 cm³/mol.